The van der Waals surface area contributed by atoms with E-state index in [1.807, 2.05) is 6.92 Å². The summed E-state index contributed by atoms with van der Waals surface area (Å²) < 4.78 is 20.1. The third kappa shape index (κ3) is 5.03. The first-order chi connectivity index (χ1) is 13.8. The van der Waals surface area contributed by atoms with Crippen LogP contribution in [0.15, 0.2) is 47.2 Å². The Morgan fingerprint density at radius 1 is 1.10 bits per heavy atom. The number of nitrogens with one attached hydrogen (secondary N) is 1. The highest BCUT2D eigenvalue weighted by molar-refractivity contribution is 5.65. The van der Waals surface area contributed by atoms with Gasteiger partial charge in [-0.25, -0.2) is 9.59 Å². The van der Waals surface area contributed by atoms with E-state index in [1.165, 1.54) is 18.2 Å². The summed E-state index contributed by atoms with van der Waals surface area (Å²) in [4.78, 5) is 34.9. The van der Waals surface area contributed by atoms with Crippen LogP contribution < -0.4 is 5.32 Å². The zero-order valence-electron chi connectivity index (χ0n) is 16.5. The Hall–Kier alpha value is -3.56. The van der Waals surface area contributed by atoms with Crippen LogP contribution in [0.5, 0.6) is 0 Å². The molecular weight excluding hydrogens is 384 g/mol. The molecule has 1 heterocycles. The fraction of sp³-hybridized carbons (Fsp3) is 0.368. The van der Waals surface area contributed by atoms with E-state index >= 15 is 0 Å². The van der Waals surface area contributed by atoms with E-state index in [-0.39, 0.29) is 29.4 Å². The Labute approximate surface area is 167 Å². The zero-order valence-corrected chi connectivity index (χ0v) is 16.5. The van der Waals surface area contributed by atoms with E-state index in [9.17, 15) is 19.7 Å². The van der Waals surface area contributed by atoms with Crippen molar-refractivity contribution in [3.8, 4) is 0 Å². The molecule has 0 aromatic heterocycles. The first kappa shape index (κ1) is 21.7. The van der Waals surface area contributed by atoms with Crippen molar-refractivity contribution in [3.63, 3.8) is 0 Å². The molecule has 156 valence electrons. The highest BCUT2D eigenvalue weighted by atomic mass is 16.7. The van der Waals surface area contributed by atoms with Gasteiger partial charge in [-0.15, -0.1) is 0 Å². The summed E-state index contributed by atoms with van der Waals surface area (Å²) in [6.07, 6.45) is -1.39. The van der Waals surface area contributed by atoms with Gasteiger partial charge < -0.3 is 24.3 Å². The summed E-state index contributed by atoms with van der Waals surface area (Å²) in [6.45, 7) is 5.22. The molecule has 0 bridgehead atoms. The minimum absolute atomic E-state index is 0.00930. The number of ether oxygens (including phenoxy) is 4. The van der Waals surface area contributed by atoms with Gasteiger partial charge in [-0.1, -0.05) is 25.1 Å². The minimum Gasteiger partial charge on any atom is -0.437 e. The first-order valence-corrected chi connectivity index (χ1v) is 8.82. The quantitative estimate of drug-likeness (QED) is 0.422. The summed E-state index contributed by atoms with van der Waals surface area (Å²) in [5.41, 5.74) is 0.769. The van der Waals surface area contributed by atoms with Crippen LogP contribution >= 0.6 is 0 Å². The number of hydrogen-bond donors (Lipinski definition) is 1. The van der Waals surface area contributed by atoms with Crippen molar-refractivity contribution < 1.29 is 33.5 Å². The summed E-state index contributed by atoms with van der Waals surface area (Å²) >= 11 is 0. The Balaban J connectivity index is 2.59. The molecule has 0 spiro atoms. The third-order valence-electron chi connectivity index (χ3n) is 4.06. The minimum atomic E-state index is -1.05. The van der Waals surface area contributed by atoms with Gasteiger partial charge in [0.25, 0.3) is 5.69 Å². The van der Waals surface area contributed by atoms with E-state index in [2.05, 4.69) is 10.1 Å². The molecule has 1 aromatic carbocycles. The molecule has 10 nitrogen and oxygen atoms in total. The Morgan fingerprint density at radius 2 is 1.69 bits per heavy atom. The third-order valence-corrected chi connectivity index (χ3v) is 4.06. The van der Waals surface area contributed by atoms with Gasteiger partial charge in [0.15, 0.2) is 0 Å². The number of allylic oxidation sites excluding steroid dienone is 2. The average molecular weight is 406 g/mol. The van der Waals surface area contributed by atoms with Gasteiger partial charge in [0, 0.05) is 11.6 Å². The summed E-state index contributed by atoms with van der Waals surface area (Å²) in [5.74, 6) is -1.02. The normalized spacial score (nSPS) is 16.1. The monoisotopic (exact) mass is 406 g/mol. The fourth-order valence-electron chi connectivity index (χ4n) is 2.84. The van der Waals surface area contributed by atoms with Crippen molar-refractivity contribution in [3.05, 3.63) is 62.9 Å². The Bertz CT molecular complexity index is 875. The molecule has 0 saturated carbocycles. The van der Waals surface area contributed by atoms with Crippen LogP contribution in [0.2, 0.25) is 0 Å². The molecule has 1 unspecified atom stereocenters. The predicted molar refractivity (Wildman–Crippen MR) is 101 cm³/mol. The van der Waals surface area contributed by atoms with Crippen LogP contribution in [-0.2, 0) is 18.9 Å². The van der Waals surface area contributed by atoms with E-state index < -0.39 is 23.2 Å². The van der Waals surface area contributed by atoms with Gasteiger partial charge in [-0.05, 0) is 20.3 Å². The number of benzene rings is 1. The molecule has 0 fully saturated rings. The topological polar surface area (TPSA) is 126 Å². The highest BCUT2D eigenvalue weighted by Crippen LogP contribution is 2.42. The maximum atomic E-state index is 12.1. The second-order valence-corrected chi connectivity index (χ2v) is 6.11. The van der Waals surface area contributed by atoms with Crippen LogP contribution in [-0.4, -0.2) is 31.0 Å². The number of carbonyl (C=O) groups is 2. The maximum Gasteiger partial charge on any atom is 0.513 e. The lowest BCUT2D eigenvalue weighted by atomic mass is 9.89. The smallest absolute Gasteiger partial charge is 0.437 e. The van der Waals surface area contributed by atoms with Gasteiger partial charge in [-0.2, -0.15) is 0 Å². The molecule has 1 N–H and O–H groups in total. The van der Waals surface area contributed by atoms with Crippen molar-refractivity contribution in [2.45, 2.75) is 33.1 Å². The first-order valence-electron chi connectivity index (χ1n) is 8.82. The number of para-hydroxylation sites is 1. The molecule has 0 saturated heterocycles. The molecule has 1 aliphatic rings. The van der Waals surface area contributed by atoms with Crippen molar-refractivity contribution in [2.24, 2.45) is 0 Å². The van der Waals surface area contributed by atoms with Gasteiger partial charge in [0.1, 0.15) is 17.4 Å². The molecule has 2 rings (SSSR count). The highest BCUT2D eigenvalue weighted by Gasteiger charge is 2.38. The van der Waals surface area contributed by atoms with Gasteiger partial charge >= 0.3 is 12.3 Å². The molecule has 1 atom stereocenters. The standard InChI is InChI=1S/C19H22N2O8/c1-5-10-27-19(23)29-17-12(3)20-11(2)16(28-18(22)26-4)15(17)13-8-6-7-9-14(13)21(24)25/h6-9,15,20H,5,10H2,1-4H3. The largest absolute Gasteiger partial charge is 0.513 e. The molecule has 29 heavy (non-hydrogen) atoms. The van der Waals surface area contributed by atoms with Crippen LogP contribution in [0, 0.1) is 10.1 Å². The number of rotatable bonds is 6. The molecule has 0 radical (unpaired) electrons. The fourth-order valence-corrected chi connectivity index (χ4v) is 2.84. The molecule has 0 aliphatic carbocycles. The summed E-state index contributed by atoms with van der Waals surface area (Å²) in [6, 6.07) is 5.91. The van der Waals surface area contributed by atoms with Gasteiger partial charge in [0.05, 0.1) is 30.0 Å². The van der Waals surface area contributed by atoms with E-state index in [4.69, 9.17) is 14.2 Å². The van der Waals surface area contributed by atoms with E-state index in [0.717, 1.165) is 7.11 Å². The Kier molecular flexibility index (Phi) is 7.18. The van der Waals surface area contributed by atoms with E-state index in [1.54, 1.807) is 19.9 Å². The SMILES string of the molecule is CCCOC(=O)OC1=C(C)NC(C)=C(OC(=O)OC)C1c1ccccc1[N+](=O)[O-]. The summed E-state index contributed by atoms with van der Waals surface area (Å²) in [7, 11) is 1.13. The van der Waals surface area contributed by atoms with Gasteiger partial charge in [-0.3, -0.25) is 10.1 Å². The molecule has 1 aliphatic heterocycles. The lowest BCUT2D eigenvalue weighted by molar-refractivity contribution is -0.385. The van der Waals surface area contributed by atoms with Crippen molar-refractivity contribution in [1.29, 1.82) is 0 Å². The van der Waals surface area contributed by atoms with Crippen molar-refractivity contribution >= 4 is 18.0 Å². The van der Waals surface area contributed by atoms with Gasteiger partial charge in [0.2, 0.25) is 0 Å². The van der Waals surface area contributed by atoms with Crippen LogP contribution in [0.3, 0.4) is 0 Å². The van der Waals surface area contributed by atoms with Crippen LogP contribution in [0.1, 0.15) is 38.7 Å². The van der Waals surface area contributed by atoms with Crippen molar-refractivity contribution in [2.75, 3.05) is 13.7 Å². The number of hydrogen-bond acceptors (Lipinski definition) is 9. The molecule has 1 aromatic rings. The molecule has 10 heteroatoms. The number of nitro benzene ring substituents is 1. The van der Waals surface area contributed by atoms with Crippen LogP contribution in [0.25, 0.3) is 0 Å². The van der Waals surface area contributed by atoms with E-state index in [0.29, 0.717) is 17.8 Å². The zero-order chi connectivity index (χ0) is 21.6. The average Bonchev–Trinajstić information content (AvgIpc) is 2.69. The number of dihydropyridines is 1. The van der Waals surface area contributed by atoms with Crippen LogP contribution in [0.4, 0.5) is 15.3 Å². The van der Waals surface area contributed by atoms with Crippen molar-refractivity contribution in [1.82, 2.24) is 5.32 Å². The number of methoxy groups -OCH3 is 1. The summed E-state index contributed by atoms with van der Waals surface area (Å²) in [5, 5.41) is 14.5. The lowest BCUT2D eigenvalue weighted by Gasteiger charge is -2.29. The predicted octanol–water partition coefficient (Wildman–Crippen LogP) is 4.09. The molecular formula is C19H22N2O8. The lowest BCUT2D eigenvalue weighted by Crippen LogP contribution is -2.29. The molecule has 0 amide bonds. The number of nitro groups is 1. The second-order valence-electron chi connectivity index (χ2n) is 6.11. The second kappa shape index (κ2) is 9.58. The number of carbonyl (C=O) groups excluding carboxylic acids is 2. The Morgan fingerprint density at radius 3 is 2.24 bits per heavy atom. The number of nitrogens with zero attached hydrogens (tertiary/aromatic N) is 1. The maximum absolute atomic E-state index is 12.1.